The van der Waals surface area contributed by atoms with Crippen molar-refractivity contribution in [3.63, 3.8) is 0 Å². The number of rotatable bonds is 3. The van der Waals surface area contributed by atoms with Gasteiger partial charge in [-0.3, -0.25) is 4.90 Å². The first-order valence-corrected chi connectivity index (χ1v) is 7.72. The number of hydrogen-bond acceptors (Lipinski definition) is 4. The quantitative estimate of drug-likeness (QED) is 0.842. The van der Waals surface area contributed by atoms with Crippen molar-refractivity contribution in [1.29, 1.82) is 5.26 Å². The molecule has 4 nitrogen and oxygen atoms in total. The molecule has 2 heterocycles. The average molecular weight is 270 g/mol. The predicted octanol–water partition coefficient (Wildman–Crippen LogP) is 1.97. The molecule has 3 rings (SSSR count). The van der Waals surface area contributed by atoms with Crippen LogP contribution in [-0.2, 0) is 12.8 Å². The lowest BCUT2D eigenvalue weighted by molar-refractivity contribution is 0.258. The molecule has 0 saturated carbocycles. The second kappa shape index (κ2) is 5.80. The summed E-state index contributed by atoms with van der Waals surface area (Å²) in [4.78, 5) is 9.59. The third-order valence-corrected chi connectivity index (χ3v) is 4.36. The van der Waals surface area contributed by atoms with Crippen LogP contribution in [0.3, 0.4) is 0 Å². The Labute approximate surface area is 121 Å². The topological polar surface area (TPSA) is 43.2 Å². The van der Waals surface area contributed by atoms with E-state index in [2.05, 4.69) is 28.9 Å². The molecule has 0 bridgehead atoms. The van der Waals surface area contributed by atoms with Crippen LogP contribution < -0.4 is 4.90 Å². The molecule has 1 aromatic heterocycles. The van der Waals surface area contributed by atoms with E-state index in [0.29, 0.717) is 0 Å². The van der Waals surface area contributed by atoms with Crippen molar-refractivity contribution < 1.29 is 0 Å². The molecule has 1 saturated heterocycles. The highest BCUT2D eigenvalue weighted by molar-refractivity contribution is 5.57. The van der Waals surface area contributed by atoms with E-state index in [1.54, 1.807) is 0 Å². The minimum Gasteiger partial charge on any atom is -0.353 e. The summed E-state index contributed by atoms with van der Waals surface area (Å²) >= 11 is 0. The van der Waals surface area contributed by atoms with E-state index < -0.39 is 0 Å². The summed E-state index contributed by atoms with van der Waals surface area (Å²) in [5, 5.41) is 9.39. The fraction of sp³-hybridized carbons (Fsp3) is 0.625. The van der Waals surface area contributed by atoms with Crippen LogP contribution in [0.25, 0.3) is 0 Å². The van der Waals surface area contributed by atoms with Crippen LogP contribution >= 0.6 is 0 Å². The number of anilines is 1. The van der Waals surface area contributed by atoms with Gasteiger partial charge in [-0.25, -0.2) is 4.98 Å². The zero-order valence-electron chi connectivity index (χ0n) is 12.2. The number of aryl methyl sites for hydroxylation is 2. The van der Waals surface area contributed by atoms with E-state index in [0.717, 1.165) is 50.4 Å². The summed E-state index contributed by atoms with van der Waals surface area (Å²) in [6.07, 6.45) is 4.55. The van der Waals surface area contributed by atoms with Gasteiger partial charge < -0.3 is 4.90 Å². The zero-order chi connectivity index (χ0) is 13.9. The molecule has 1 aliphatic carbocycles. The van der Waals surface area contributed by atoms with E-state index in [1.807, 2.05) is 0 Å². The Bertz CT molecular complexity index is 524. The van der Waals surface area contributed by atoms with Crippen molar-refractivity contribution in [1.82, 2.24) is 9.88 Å². The molecule has 0 unspecified atom stereocenters. The highest BCUT2D eigenvalue weighted by atomic mass is 15.3. The van der Waals surface area contributed by atoms with Gasteiger partial charge in [0.1, 0.15) is 11.9 Å². The van der Waals surface area contributed by atoms with Gasteiger partial charge in [0.15, 0.2) is 0 Å². The first-order valence-electron chi connectivity index (χ1n) is 7.72. The standard InChI is InChI=1S/C16H22N4/c1-2-6-19-7-9-20(10-8-19)16-14(12-17)11-13-4-3-5-15(13)18-16/h11H,2-10H2,1H3. The predicted molar refractivity (Wildman–Crippen MR) is 79.9 cm³/mol. The van der Waals surface area contributed by atoms with Crippen LogP contribution in [0.15, 0.2) is 6.07 Å². The van der Waals surface area contributed by atoms with Crippen LogP contribution in [0.4, 0.5) is 5.82 Å². The first kappa shape index (κ1) is 13.4. The lowest BCUT2D eigenvalue weighted by Crippen LogP contribution is -2.47. The number of nitrogens with zero attached hydrogens (tertiary/aromatic N) is 4. The van der Waals surface area contributed by atoms with Crippen molar-refractivity contribution in [2.45, 2.75) is 32.6 Å². The molecule has 2 aliphatic rings. The number of nitriles is 1. The minimum absolute atomic E-state index is 0.759. The van der Waals surface area contributed by atoms with E-state index in [4.69, 9.17) is 4.98 Å². The van der Waals surface area contributed by atoms with Gasteiger partial charge in [-0.05, 0) is 43.9 Å². The molecule has 20 heavy (non-hydrogen) atoms. The summed E-state index contributed by atoms with van der Waals surface area (Å²) in [5.74, 6) is 0.921. The second-order valence-corrected chi connectivity index (χ2v) is 5.76. The monoisotopic (exact) mass is 270 g/mol. The van der Waals surface area contributed by atoms with Crippen LogP contribution in [0, 0.1) is 11.3 Å². The van der Waals surface area contributed by atoms with Crippen molar-refractivity contribution >= 4 is 5.82 Å². The molecule has 4 heteroatoms. The van der Waals surface area contributed by atoms with E-state index in [9.17, 15) is 5.26 Å². The average Bonchev–Trinajstić information content (AvgIpc) is 2.94. The SMILES string of the molecule is CCCN1CCN(c2nc3c(cc2C#N)CCC3)CC1. The Morgan fingerprint density at radius 3 is 2.75 bits per heavy atom. The Morgan fingerprint density at radius 1 is 1.25 bits per heavy atom. The molecule has 0 amide bonds. The molecule has 0 radical (unpaired) electrons. The fourth-order valence-electron chi connectivity index (χ4n) is 3.28. The van der Waals surface area contributed by atoms with Gasteiger partial charge in [-0.1, -0.05) is 6.92 Å². The zero-order valence-corrected chi connectivity index (χ0v) is 12.2. The molecule has 0 N–H and O–H groups in total. The second-order valence-electron chi connectivity index (χ2n) is 5.76. The maximum atomic E-state index is 9.39. The van der Waals surface area contributed by atoms with Gasteiger partial charge in [0.2, 0.25) is 0 Å². The summed E-state index contributed by atoms with van der Waals surface area (Å²) in [5.41, 5.74) is 3.26. The maximum Gasteiger partial charge on any atom is 0.146 e. The minimum atomic E-state index is 0.759. The molecule has 0 spiro atoms. The number of aromatic nitrogens is 1. The normalized spacial score (nSPS) is 18.9. The Hall–Kier alpha value is -1.60. The lowest BCUT2D eigenvalue weighted by atomic mass is 10.1. The van der Waals surface area contributed by atoms with Crippen molar-refractivity contribution in [2.24, 2.45) is 0 Å². The van der Waals surface area contributed by atoms with Crippen LogP contribution in [-0.4, -0.2) is 42.6 Å². The molecule has 1 aliphatic heterocycles. The van der Waals surface area contributed by atoms with E-state index in [-0.39, 0.29) is 0 Å². The Kier molecular flexibility index (Phi) is 3.88. The summed E-state index contributed by atoms with van der Waals surface area (Å²) in [7, 11) is 0. The molecular formula is C16H22N4. The van der Waals surface area contributed by atoms with Crippen LogP contribution in [0.1, 0.15) is 36.6 Å². The van der Waals surface area contributed by atoms with Crippen molar-refractivity contribution in [2.75, 3.05) is 37.6 Å². The number of hydrogen-bond donors (Lipinski definition) is 0. The van der Waals surface area contributed by atoms with Crippen molar-refractivity contribution in [3.8, 4) is 6.07 Å². The van der Waals surface area contributed by atoms with Crippen LogP contribution in [0.2, 0.25) is 0 Å². The van der Waals surface area contributed by atoms with Gasteiger partial charge in [0, 0.05) is 31.9 Å². The molecular weight excluding hydrogens is 248 g/mol. The van der Waals surface area contributed by atoms with Crippen molar-refractivity contribution in [3.05, 3.63) is 22.9 Å². The summed E-state index contributed by atoms with van der Waals surface area (Å²) in [6.45, 7) is 7.54. The number of pyridine rings is 1. The van der Waals surface area contributed by atoms with Gasteiger partial charge in [0.25, 0.3) is 0 Å². The maximum absolute atomic E-state index is 9.39. The molecule has 106 valence electrons. The highest BCUT2D eigenvalue weighted by Gasteiger charge is 2.23. The van der Waals surface area contributed by atoms with E-state index >= 15 is 0 Å². The molecule has 1 aromatic rings. The Morgan fingerprint density at radius 2 is 2.05 bits per heavy atom. The molecule has 0 atom stereocenters. The van der Waals surface area contributed by atoms with E-state index in [1.165, 1.54) is 30.6 Å². The summed E-state index contributed by atoms with van der Waals surface area (Å²) < 4.78 is 0. The van der Waals surface area contributed by atoms with Gasteiger partial charge in [-0.15, -0.1) is 0 Å². The smallest absolute Gasteiger partial charge is 0.146 e. The fourth-order valence-corrected chi connectivity index (χ4v) is 3.28. The summed E-state index contributed by atoms with van der Waals surface area (Å²) in [6, 6.07) is 4.41. The third-order valence-electron chi connectivity index (χ3n) is 4.36. The van der Waals surface area contributed by atoms with Crippen LogP contribution in [0.5, 0.6) is 0 Å². The molecule has 0 aromatic carbocycles. The first-order chi connectivity index (χ1) is 9.81. The van der Waals surface area contributed by atoms with Gasteiger partial charge in [0.05, 0.1) is 5.56 Å². The molecule has 1 fully saturated rings. The number of fused-ring (bicyclic) bond motifs is 1. The lowest BCUT2D eigenvalue weighted by Gasteiger charge is -2.35. The highest BCUT2D eigenvalue weighted by Crippen LogP contribution is 2.27. The Balaban J connectivity index is 1.79. The number of piperazine rings is 1. The van der Waals surface area contributed by atoms with Gasteiger partial charge >= 0.3 is 0 Å². The van der Waals surface area contributed by atoms with Gasteiger partial charge in [-0.2, -0.15) is 5.26 Å². The third kappa shape index (κ3) is 2.51. The largest absolute Gasteiger partial charge is 0.353 e.